The first-order valence-electron chi connectivity index (χ1n) is 6.88. The smallest absolute Gasteiger partial charge is 0.169 e. The number of para-hydroxylation sites is 2. The minimum atomic E-state index is 0.0220. The van der Waals surface area contributed by atoms with Gasteiger partial charge in [0, 0.05) is 17.0 Å². The molecule has 0 saturated heterocycles. The molecule has 0 amide bonds. The zero-order chi connectivity index (χ0) is 13.7. The summed E-state index contributed by atoms with van der Waals surface area (Å²) in [6.07, 6.45) is 0.0440. The Bertz CT molecular complexity index is 665. The molecule has 0 spiro atoms. The summed E-state index contributed by atoms with van der Waals surface area (Å²) in [5.74, 6) is 2.79. The van der Waals surface area contributed by atoms with Gasteiger partial charge in [-0.25, -0.2) is 0 Å². The maximum Gasteiger partial charge on any atom is 0.169 e. The molecule has 0 fully saturated rings. The summed E-state index contributed by atoms with van der Waals surface area (Å²) in [6.45, 7) is 2.17. The van der Waals surface area contributed by atoms with Crippen molar-refractivity contribution in [1.82, 2.24) is 0 Å². The Morgan fingerprint density at radius 2 is 1.65 bits per heavy atom. The molecule has 3 nitrogen and oxygen atoms in total. The Balaban J connectivity index is 1.89. The summed E-state index contributed by atoms with van der Waals surface area (Å²) in [4.78, 5) is 0. The van der Waals surface area contributed by atoms with Crippen LogP contribution in [0.25, 0.3) is 0 Å². The van der Waals surface area contributed by atoms with E-state index < -0.39 is 0 Å². The van der Waals surface area contributed by atoms with E-state index in [4.69, 9.17) is 14.2 Å². The monoisotopic (exact) mass is 268 g/mol. The first-order chi connectivity index (χ1) is 9.79. The predicted octanol–water partition coefficient (Wildman–Crippen LogP) is 3.90. The average molecular weight is 268 g/mol. The number of hydrogen-bond acceptors (Lipinski definition) is 3. The molecule has 3 atom stereocenters. The number of fused-ring (bicyclic) bond motifs is 6. The van der Waals surface area contributed by atoms with Crippen LogP contribution in [0.5, 0.6) is 17.2 Å². The van der Waals surface area contributed by atoms with Crippen molar-refractivity contribution in [1.29, 1.82) is 0 Å². The fourth-order valence-electron chi connectivity index (χ4n) is 3.20. The Morgan fingerprint density at radius 3 is 2.50 bits per heavy atom. The summed E-state index contributed by atoms with van der Waals surface area (Å²) >= 11 is 0. The third-order valence-electron chi connectivity index (χ3n) is 4.22. The van der Waals surface area contributed by atoms with Gasteiger partial charge in [-0.15, -0.1) is 0 Å². The molecule has 0 radical (unpaired) electrons. The third-order valence-corrected chi connectivity index (χ3v) is 4.22. The highest BCUT2D eigenvalue weighted by atomic mass is 16.5. The topological polar surface area (TPSA) is 27.7 Å². The highest BCUT2D eigenvalue weighted by Gasteiger charge is 2.43. The van der Waals surface area contributed by atoms with Crippen LogP contribution < -0.4 is 14.2 Å². The van der Waals surface area contributed by atoms with Gasteiger partial charge in [0.25, 0.3) is 0 Å². The number of benzene rings is 2. The van der Waals surface area contributed by atoms with Crippen molar-refractivity contribution in [3.63, 3.8) is 0 Å². The van der Waals surface area contributed by atoms with Crippen molar-refractivity contribution in [3.05, 3.63) is 53.6 Å². The van der Waals surface area contributed by atoms with Gasteiger partial charge >= 0.3 is 0 Å². The molecular formula is C17H16O3. The molecule has 3 heteroatoms. The number of ether oxygens (including phenoxy) is 3. The Morgan fingerprint density at radius 1 is 0.900 bits per heavy atom. The second-order valence-electron chi connectivity index (χ2n) is 5.35. The molecule has 0 aromatic heterocycles. The normalized spacial score (nSPS) is 25.8. The van der Waals surface area contributed by atoms with E-state index in [0.717, 1.165) is 28.4 Å². The SMILES string of the molecule is COc1cccc2c1O[C@@H]1c3ccccc3O[C@H]2C1C. The van der Waals surface area contributed by atoms with Crippen LogP contribution in [0.3, 0.4) is 0 Å². The standard InChI is InChI=1S/C17H16O3/c1-10-15-11-6-3-4-8-13(11)19-16(10)12-7-5-9-14(18-2)17(12)20-15/h3-10,15-16H,1-2H3/t10?,15-,16-/m0/s1. The van der Waals surface area contributed by atoms with Crippen LogP contribution in [0.15, 0.2) is 42.5 Å². The minimum absolute atomic E-state index is 0.0220. The fraction of sp³-hybridized carbons (Fsp3) is 0.294. The van der Waals surface area contributed by atoms with Crippen molar-refractivity contribution in [2.24, 2.45) is 5.92 Å². The van der Waals surface area contributed by atoms with Crippen molar-refractivity contribution in [2.75, 3.05) is 7.11 Å². The van der Waals surface area contributed by atoms with Crippen LogP contribution in [0.1, 0.15) is 30.3 Å². The summed E-state index contributed by atoms with van der Waals surface area (Å²) in [5, 5.41) is 0. The Labute approximate surface area is 118 Å². The number of rotatable bonds is 1. The highest BCUT2D eigenvalue weighted by Crippen LogP contribution is 2.54. The van der Waals surface area contributed by atoms with E-state index in [-0.39, 0.29) is 18.1 Å². The first-order valence-corrected chi connectivity index (χ1v) is 6.88. The third kappa shape index (κ3) is 1.46. The molecule has 2 heterocycles. The van der Waals surface area contributed by atoms with Crippen LogP contribution in [0, 0.1) is 5.92 Å². The molecule has 1 unspecified atom stereocenters. The van der Waals surface area contributed by atoms with Crippen LogP contribution in [0.2, 0.25) is 0 Å². The van der Waals surface area contributed by atoms with Crippen LogP contribution in [-0.4, -0.2) is 7.11 Å². The first kappa shape index (κ1) is 11.6. The van der Waals surface area contributed by atoms with Crippen LogP contribution >= 0.6 is 0 Å². The van der Waals surface area contributed by atoms with E-state index in [1.165, 1.54) is 0 Å². The maximum absolute atomic E-state index is 6.26. The second-order valence-corrected chi connectivity index (χ2v) is 5.35. The molecule has 0 aliphatic carbocycles. The molecular weight excluding hydrogens is 252 g/mol. The molecule has 4 rings (SSSR count). The Hall–Kier alpha value is -2.16. The minimum Gasteiger partial charge on any atom is -0.493 e. The van der Waals surface area contributed by atoms with E-state index in [1.54, 1.807) is 7.11 Å². The lowest BCUT2D eigenvalue weighted by molar-refractivity contribution is -0.00450. The molecule has 2 aromatic rings. The van der Waals surface area contributed by atoms with E-state index in [2.05, 4.69) is 19.1 Å². The van der Waals surface area contributed by atoms with Crippen molar-refractivity contribution < 1.29 is 14.2 Å². The molecule has 2 aromatic carbocycles. The molecule has 2 aliphatic rings. The van der Waals surface area contributed by atoms with Gasteiger partial charge in [-0.1, -0.05) is 37.3 Å². The number of hydrogen-bond donors (Lipinski definition) is 0. The highest BCUT2D eigenvalue weighted by molar-refractivity contribution is 5.52. The zero-order valence-electron chi connectivity index (χ0n) is 11.5. The van der Waals surface area contributed by atoms with Gasteiger partial charge in [0.1, 0.15) is 18.0 Å². The van der Waals surface area contributed by atoms with Gasteiger partial charge in [0.2, 0.25) is 0 Å². The molecule has 2 aliphatic heterocycles. The largest absolute Gasteiger partial charge is 0.493 e. The van der Waals surface area contributed by atoms with Crippen molar-refractivity contribution >= 4 is 0 Å². The second kappa shape index (κ2) is 4.17. The molecule has 0 saturated carbocycles. The molecule has 102 valence electrons. The van der Waals surface area contributed by atoms with E-state index in [0.29, 0.717) is 0 Å². The van der Waals surface area contributed by atoms with E-state index >= 15 is 0 Å². The van der Waals surface area contributed by atoms with Crippen LogP contribution in [0.4, 0.5) is 0 Å². The summed E-state index contributed by atoms with van der Waals surface area (Å²) in [5.41, 5.74) is 2.19. The Kier molecular flexibility index (Phi) is 2.43. The quantitative estimate of drug-likeness (QED) is 0.785. The number of methoxy groups -OCH3 is 1. The van der Waals surface area contributed by atoms with Gasteiger partial charge in [-0.2, -0.15) is 0 Å². The molecule has 2 bridgehead atoms. The lowest BCUT2D eigenvalue weighted by Crippen LogP contribution is -2.35. The molecule has 20 heavy (non-hydrogen) atoms. The molecule has 0 N–H and O–H groups in total. The van der Waals surface area contributed by atoms with Gasteiger partial charge in [-0.05, 0) is 12.1 Å². The lowest BCUT2D eigenvalue weighted by atomic mass is 9.83. The van der Waals surface area contributed by atoms with E-state index in [1.807, 2.05) is 30.3 Å². The van der Waals surface area contributed by atoms with Crippen LogP contribution in [-0.2, 0) is 0 Å². The summed E-state index contributed by atoms with van der Waals surface area (Å²) in [7, 11) is 1.67. The maximum atomic E-state index is 6.26. The van der Waals surface area contributed by atoms with Crippen molar-refractivity contribution in [2.45, 2.75) is 19.1 Å². The summed E-state index contributed by atoms with van der Waals surface area (Å²) < 4.78 is 17.9. The zero-order valence-corrected chi connectivity index (χ0v) is 11.5. The lowest BCUT2D eigenvalue weighted by Gasteiger charge is -2.43. The average Bonchev–Trinajstić information content (AvgIpc) is 2.48. The van der Waals surface area contributed by atoms with Gasteiger partial charge < -0.3 is 14.2 Å². The van der Waals surface area contributed by atoms with Gasteiger partial charge in [0.15, 0.2) is 11.5 Å². The fourth-order valence-corrected chi connectivity index (χ4v) is 3.20. The van der Waals surface area contributed by atoms with Gasteiger partial charge in [-0.3, -0.25) is 0 Å². The van der Waals surface area contributed by atoms with E-state index in [9.17, 15) is 0 Å². The summed E-state index contributed by atoms with van der Waals surface area (Å²) in [6, 6.07) is 14.1. The predicted molar refractivity (Wildman–Crippen MR) is 75.3 cm³/mol. The van der Waals surface area contributed by atoms with Crippen molar-refractivity contribution in [3.8, 4) is 17.2 Å². The van der Waals surface area contributed by atoms with Gasteiger partial charge in [0.05, 0.1) is 7.11 Å².